The largest absolute Gasteiger partial charge is 0.285 e. The molecule has 1 heterocycles. The summed E-state index contributed by atoms with van der Waals surface area (Å²) in [5.74, 6) is -0.309. The topological polar surface area (TPSA) is 88.2 Å². The number of aryl methyl sites for hydroxylation is 1. The molecule has 0 radical (unpaired) electrons. The van der Waals surface area contributed by atoms with Crippen LogP contribution in [0.4, 0.5) is 0 Å². The fraction of sp³-hybridized carbons (Fsp3) is 0.238. The van der Waals surface area contributed by atoms with Crippen LogP contribution in [0.2, 0.25) is 0 Å². The molecule has 0 saturated carbocycles. The van der Waals surface area contributed by atoms with Crippen molar-refractivity contribution >= 4 is 27.3 Å². The van der Waals surface area contributed by atoms with E-state index in [4.69, 9.17) is 0 Å². The minimum atomic E-state index is -3.87. The number of aromatic nitrogens is 1. The molecule has 6 nitrogen and oxygen atoms in total. The van der Waals surface area contributed by atoms with Crippen LogP contribution >= 0.6 is 11.3 Å². The summed E-state index contributed by atoms with van der Waals surface area (Å²) in [5, 5.41) is 2.30. The number of carbonyl (C=O) groups is 1. The van der Waals surface area contributed by atoms with Crippen LogP contribution in [-0.2, 0) is 16.4 Å². The average molecular weight is 430 g/mol. The molecular formula is C21H23N3O3S2. The fourth-order valence-electron chi connectivity index (χ4n) is 2.66. The van der Waals surface area contributed by atoms with E-state index in [1.54, 1.807) is 17.5 Å². The van der Waals surface area contributed by atoms with Crippen molar-refractivity contribution in [3.8, 4) is 10.6 Å². The van der Waals surface area contributed by atoms with Crippen LogP contribution in [0.25, 0.3) is 10.6 Å². The average Bonchev–Trinajstić information content (AvgIpc) is 3.22. The van der Waals surface area contributed by atoms with Crippen LogP contribution in [0.1, 0.15) is 48.3 Å². The molecule has 3 rings (SSSR count). The molecule has 2 N–H and O–H groups in total. The number of hydrazine groups is 1. The van der Waals surface area contributed by atoms with Gasteiger partial charge < -0.3 is 0 Å². The highest BCUT2D eigenvalue weighted by Gasteiger charge is 2.18. The molecule has 1 aromatic heterocycles. The molecule has 3 aromatic rings. The Hall–Kier alpha value is -2.55. The van der Waals surface area contributed by atoms with Gasteiger partial charge in [0.15, 0.2) is 0 Å². The first-order valence-corrected chi connectivity index (χ1v) is 11.6. The molecule has 8 heteroatoms. The maximum atomic E-state index is 12.4. The molecule has 0 bridgehead atoms. The van der Waals surface area contributed by atoms with Crippen LogP contribution in [0.15, 0.2) is 58.8 Å². The van der Waals surface area contributed by atoms with Gasteiger partial charge in [0.1, 0.15) is 10.7 Å². The lowest BCUT2D eigenvalue weighted by Gasteiger charge is -2.09. The first-order valence-electron chi connectivity index (χ1n) is 9.27. The summed E-state index contributed by atoms with van der Waals surface area (Å²) in [6.07, 6.45) is 0.951. The number of hydrogen-bond acceptors (Lipinski definition) is 5. The molecule has 0 saturated heterocycles. The predicted octanol–water partition coefficient (Wildman–Crippen LogP) is 4.12. The Morgan fingerprint density at radius 2 is 1.72 bits per heavy atom. The van der Waals surface area contributed by atoms with Crippen molar-refractivity contribution in [2.24, 2.45) is 0 Å². The van der Waals surface area contributed by atoms with Gasteiger partial charge >= 0.3 is 0 Å². The van der Waals surface area contributed by atoms with E-state index in [2.05, 4.69) is 22.2 Å². The first-order chi connectivity index (χ1) is 13.8. The quantitative estimate of drug-likeness (QED) is 0.553. The van der Waals surface area contributed by atoms with Gasteiger partial charge in [-0.1, -0.05) is 57.2 Å². The Morgan fingerprint density at radius 3 is 2.31 bits per heavy atom. The minimum absolute atomic E-state index is 0.0807. The normalized spacial score (nSPS) is 11.6. The van der Waals surface area contributed by atoms with Gasteiger partial charge in [-0.15, -0.1) is 16.2 Å². The summed E-state index contributed by atoms with van der Waals surface area (Å²) >= 11 is 1.33. The highest BCUT2D eigenvalue weighted by molar-refractivity contribution is 7.89. The van der Waals surface area contributed by atoms with E-state index in [9.17, 15) is 13.2 Å². The number of carbonyl (C=O) groups excluding carboxylic acids is 1. The lowest BCUT2D eigenvalue weighted by molar-refractivity contribution is 0.0941. The number of amides is 1. The number of hydrogen-bond donors (Lipinski definition) is 2. The second-order valence-electron chi connectivity index (χ2n) is 6.87. The number of nitrogens with zero attached hydrogens (tertiary/aromatic N) is 1. The second-order valence-corrected chi connectivity index (χ2v) is 9.41. The molecule has 0 spiro atoms. The summed E-state index contributed by atoms with van der Waals surface area (Å²) in [6, 6.07) is 14.5. The van der Waals surface area contributed by atoms with Crippen LogP contribution in [0.3, 0.4) is 0 Å². The van der Waals surface area contributed by atoms with E-state index >= 15 is 0 Å². The molecule has 29 heavy (non-hydrogen) atoms. The van der Waals surface area contributed by atoms with Crippen molar-refractivity contribution < 1.29 is 13.2 Å². The number of nitrogens with one attached hydrogen (secondary N) is 2. The van der Waals surface area contributed by atoms with Crippen molar-refractivity contribution in [3.63, 3.8) is 0 Å². The van der Waals surface area contributed by atoms with Crippen LogP contribution in [-0.4, -0.2) is 19.3 Å². The van der Waals surface area contributed by atoms with Gasteiger partial charge in [-0.05, 0) is 35.6 Å². The molecule has 0 aliphatic rings. The van der Waals surface area contributed by atoms with Crippen LogP contribution in [0, 0.1) is 0 Å². The van der Waals surface area contributed by atoms with Gasteiger partial charge in [0.05, 0.1) is 4.90 Å². The van der Waals surface area contributed by atoms with Crippen molar-refractivity contribution in [1.82, 2.24) is 15.2 Å². The summed E-state index contributed by atoms with van der Waals surface area (Å²) < 4.78 is 24.8. The van der Waals surface area contributed by atoms with E-state index in [0.717, 1.165) is 17.5 Å². The Kier molecular flexibility index (Phi) is 6.46. The molecule has 2 aromatic carbocycles. The predicted molar refractivity (Wildman–Crippen MR) is 115 cm³/mol. The summed E-state index contributed by atoms with van der Waals surface area (Å²) in [7, 11) is -3.87. The van der Waals surface area contributed by atoms with Gasteiger partial charge in [0.25, 0.3) is 15.9 Å². The monoisotopic (exact) mass is 429 g/mol. The first kappa shape index (κ1) is 21.2. The van der Waals surface area contributed by atoms with E-state index in [0.29, 0.717) is 10.9 Å². The van der Waals surface area contributed by atoms with Crippen LogP contribution in [0.5, 0.6) is 0 Å². The molecular weight excluding hydrogens is 406 g/mol. The number of benzene rings is 2. The standard InChI is InChI=1S/C21H23N3O3S2/c1-4-15-5-7-17(8-6-15)21-22-19(13-28-21)20(25)23-24-29(26,27)18-11-9-16(10-12-18)14(2)3/h5-14,24H,4H2,1-3H3,(H,23,25). The molecule has 0 unspecified atom stereocenters. The minimum Gasteiger partial charge on any atom is -0.272 e. The van der Waals surface area contributed by atoms with Gasteiger partial charge in [0, 0.05) is 10.9 Å². The maximum absolute atomic E-state index is 12.4. The van der Waals surface area contributed by atoms with Crippen molar-refractivity contribution in [2.45, 2.75) is 38.0 Å². The highest BCUT2D eigenvalue weighted by Crippen LogP contribution is 2.24. The zero-order valence-corrected chi connectivity index (χ0v) is 18.1. The number of sulfonamides is 1. The Bertz CT molecular complexity index is 1090. The smallest absolute Gasteiger partial charge is 0.272 e. The van der Waals surface area contributed by atoms with E-state index in [1.807, 2.05) is 38.1 Å². The lowest BCUT2D eigenvalue weighted by atomic mass is 10.0. The van der Waals surface area contributed by atoms with E-state index in [-0.39, 0.29) is 10.6 Å². The second kappa shape index (κ2) is 8.86. The number of thiazole rings is 1. The lowest BCUT2D eigenvalue weighted by Crippen LogP contribution is -2.41. The summed E-state index contributed by atoms with van der Waals surface area (Å²) in [6.45, 7) is 6.14. The molecule has 1 amide bonds. The SMILES string of the molecule is CCc1ccc(-c2nc(C(=O)NNS(=O)(=O)c3ccc(C(C)C)cc3)cs2)cc1. The van der Waals surface area contributed by atoms with Crippen molar-refractivity contribution in [1.29, 1.82) is 0 Å². The third-order valence-corrected chi connectivity index (χ3v) is 6.66. The van der Waals surface area contributed by atoms with Crippen molar-refractivity contribution in [2.75, 3.05) is 0 Å². The van der Waals surface area contributed by atoms with Gasteiger partial charge in [-0.2, -0.15) is 0 Å². The zero-order valence-electron chi connectivity index (χ0n) is 16.5. The molecule has 0 aliphatic carbocycles. The molecule has 0 aliphatic heterocycles. The van der Waals surface area contributed by atoms with Gasteiger partial charge in [-0.25, -0.2) is 13.4 Å². The maximum Gasteiger partial charge on any atom is 0.285 e. The third-order valence-electron chi connectivity index (χ3n) is 4.50. The summed E-state index contributed by atoms with van der Waals surface area (Å²) in [4.78, 5) is 18.8. The van der Waals surface area contributed by atoms with Crippen molar-refractivity contribution in [3.05, 3.63) is 70.7 Å². The van der Waals surface area contributed by atoms with E-state index < -0.39 is 15.9 Å². The molecule has 0 atom stereocenters. The molecule has 0 fully saturated rings. The summed E-state index contributed by atoms with van der Waals surface area (Å²) in [5.41, 5.74) is 5.55. The van der Waals surface area contributed by atoms with Crippen LogP contribution < -0.4 is 10.3 Å². The fourth-order valence-corrected chi connectivity index (χ4v) is 4.31. The Balaban J connectivity index is 1.66. The Labute approximate surface area is 175 Å². The van der Waals surface area contributed by atoms with Gasteiger partial charge in [0.2, 0.25) is 0 Å². The van der Waals surface area contributed by atoms with E-state index in [1.165, 1.54) is 29.0 Å². The highest BCUT2D eigenvalue weighted by atomic mass is 32.2. The zero-order chi connectivity index (χ0) is 21.0. The number of rotatable bonds is 7. The van der Waals surface area contributed by atoms with Gasteiger partial charge in [-0.3, -0.25) is 10.2 Å². The molecule has 152 valence electrons. The Morgan fingerprint density at radius 1 is 1.07 bits per heavy atom. The third kappa shape index (κ3) is 5.09.